The molecule has 43 heavy (non-hydrogen) atoms. The first-order valence-electron chi connectivity index (χ1n) is 14.3. The lowest BCUT2D eigenvalue weighted by Gasteiger charge is -2.20. The summed E-state index contributed by atoms with van der Waals surface area (Å²) in [7, 11) is 0. The molecule has 4 aromatic rings. The van der Waals surface area contributed by atoms with E-state index in [4.69, 9.17) is 0 Å². The predicted octanol–water partition coefficient (Wildman–Crippen LogP) is 4.71. The standard InChI is InChI=1S/C32H37N7O3S/c1-32(2,3)35-29(42)21-24-13-9-12-23(18-24)20-28(41)34-31-39-38-30(43-31)15-8-7-14-25-16-17-26(37-36-25)33-27(40)19-22-10-5-4-6-11-22/h4-6,9-13,16-18H,7-8,14-15,19-21H2,1-3H3,(H,35,42)(H,33,37,40)(H,34,39,41). The average molecular weight is 600 g/mol. The molecule has 0 bridgehead atoms. The largest absolute Gasteiger partial charge is 0.351 e. The fourth-order valence-corrected chi connectivity index (χ4v) is 5.16. The lowest BCUT2D eigenvalue weighted by atomic mass is 10.0. The molecule has 3 N–H and O–H groups in total. The zero-order chi connectivity index (χ0) is 30.7. The first-order chi connectivity index (χ1) is 20.6. The zero-order valence-electron chi connectivity index (χ0n) is 24.7. The van der Waals surface area contributed by atoms with Gasteiger partial charge in [0.1, 0.15) is 5.01 Å². The molecule has 2 aromatic carbocycles. The van der Waals surface area contributed by atoms with Crippen LogP contribution in [-0.2, 0) is 46.5 Å². The normalized spacial score (nSPS) is 11.1. The van der Waals surface area contributed by atoms with Gasteiger partial charge in [-0.05, 0) is 68.9 Å². The summed E-state index contributed by atoms with van der Waals surface area (Å²) in [6.07, 6.45) is 4.00. The Morgan fingerprint density at radius 3 is 2.02 bits per heavy atom. The number of rotatable bonds is 13. The van der Waals surface area contributed by atoms with Crippen molar-refractivity contribution in [1.82, 2.24) is 25.7 Å². The van der Waals surface area contributed by atoms with E-state index in [0.717, 1.165) is 53.1 Å². The van der Waals surface area contributed by atoms with Crippen molar-refractivity contribution in [3.8, 4) is 0 Å². The Balaban J connectivity index is 1.15. The number of carbonyl (C=O) groups is 3. The van der Waals surface area contributed by atoms with Crippen molar-refractivity contribution >= 4 is 40.0 Å². The summed E-state index contributed by atoms with van der Waals surface area (Å²) in [4.78, 5) is 37.1. The second-order valence-corrected chi connectivity index (χ2v) is 12.4. The van der Waals surface area contributed by atoms with E-state index in [1.165, 1.54) is 11.3 Å². The maximum Gasteiger partial charge on any atom is 0.230 e. The molecule has 224 valence electrons. The van der Waals surface area contributed by atoms with E-state index in [1.54, 1.807) is 6.07 Å². The smallest absolute Gasteiger partial charge is 0.230 e. The van der Waals surface area contributed by atoms with E-state index >= 15 is 0 Å². The lowest BCUT2D eigenvalue weighted by Crippen LogP contribution is -2.41. The fraction of sp³-hybridized carbons (Fsp3) is 0.344. The van der Waals surface area contributed by atoms with Gasteiger partial charge in [0.2, 0.25) is 22.9 Å². The van der Waals surface area contributed by atoms with Crippen LogP contribution in [0.5, 0.6) is 0 Å². The highest BCUT2D eigenvalue weighted by molar-refractivity contribution is 7.15. The minimum atomic E-state index is -0.291. The van der Waals surface area contributed by atoms with Gasteiger partial charge < -0.3 is 16.0 Å². The summed E-state index contributed by atoms with van der Waals surface area (Å²) in [5, 5.41) is 26.6. The van der Waals surface area contributed by atoms with Crippen LogP contribution in [0.25, 0.3) is 0 Å². The van der Waals surface area contributed by atoms with Crippen molar-refractivity contribution in [3.05, 3.63) is 94.1 Å². The maximum atomic E-state index is 12.6. The first kappa shape index (κ1) is 31.4. The minimum Gasteiger partial charge on any atom is -0.351 e. The number of amides is 3. The highest BCUT2D eigenvalue weighted by Crippen LogP contribution is 2.18. The molecule has 0 atom stereocenters. The van der Waals surface area contributed by atoms with Crippen molar-refractivity contribution in [2.75, 3.05) is 10.6 Å². The van der Waals surface area contributed by atoms with Gasteiger partial charge in [0.25, 0.3) is 0 Å². The Morgan fingerprint density at radius 1 is 0.674 bits per heavy atom. The van der Waals surface area contributed by atoms with Gasteiger partial charge in [-0.15, -0.1) is 15.3 Å². The fourth-order valence-electron chi connectivity index (χ4n) is 4.36. The molecule has 2 aromatic heterocycles. The number of unbranched alkanes of at least 4 members (excludes halogenated alkanes) is 1. The Kier molecular flexibility index (Phi) is 11.0. The van der Waals surface area contributed by atoms with Crippen molar-refractivity contribution < 1.29 is 14.4 Å². The first-order valence-corrected chi connectivity index (χ1v) is 15.1. The number of nitrogens with one attached hydrogen (secondary N) is 3. The molecule has 0 spiro atoms. The zero-order valence-corrected chi connectivity index (χ0v) is 25.5. The molecule has 0 saturated heterocycles. The number of benzene rings is 2. The van der Waals surface area contributed by atoms with Crippen LogP contribution in [0.2, 0.25) is 0 Å². The van der Waals surface area contributed by atoms with Crippen LogP contribution in [0, 0.1) is 0 Å². The Labute approximate surface area is 255 Å². The second kappa shape index (κ2) is 15.1. The van der Waals surface area contributed by atoms with E-state index in [1.807, 2.05) is 81.4 Å². The van der Waals surface area contributed by atoms with Gasteiger partial charge in [-0.1, -0.05) is 65.9 Å². The minimum absolute atomic E-state index is 0.0542. The van der Waals surface area contributed by atoms with Gasteiger partial charge in [-0.3, -0.25) is 14.4 Å². The topological polar surface area (TPSA) is 139 Å². The van der Waals surface area contributed by atoms with Gasteiger partial charge >= 0.3 is 0 Å². The van der Waals surface area contributed by atoms with Crippen LogP contribution in [0.3, 0.4) is 0 Å². The highest BCUT2D eigenvalue weighted by atomic mass is 32.1. The van der Waals surface area contributed by atoms with Gasteiger partial charge in [-0.25, -0.2) is 0 Å². The second-order valence-electron chi connectivity index (χ2n) is 11.3. The molecule has 0 fully saturated rings. The van der Waals surface area contributed by atoms with Crippen LogP contribution in [-0.4, -0.2) is 43.7 Å². The molecule has 11 heteroatoms. The molecular formula is C32H37N7O3S. The summed E-state index contributed by atoms with van der Waals surface area (Å²) in [5.41, 5.74) is 3.19. The third-order valence-electron chi connectivity index (χ3n) is 6.22. The van der Waals surface area contributed by atoms with E-state index < -0.39 is 0 Å². The third kappa shape index (κ3) is 11.4. The van der Waals surface area contributed by atoms with Gasteiger partial charge in [0.05, 0.1) is 25.0 Å². The van der Waals surface area contributed by atoms with Crippen molar-refractivity contribution in [1.29, 1.82) is 0 Å². The molecule has 0 saturated carbocycles. The summed E-state index contributed by atoms with van der Waals surface area (Å²) in [5.74, 6) is 0.0654. The van der Waals surface area contributed by atoms with Gasteiger partial charge in [-0.2, -0.15) is 5.10 Å². The molecule has 0 aliphatic heterocycles. The SMILES string of the molecule is CC(C)(C)NC(=O)Cc1cccc(CC(=O)Nc2nnc(CCCCc3ccc(NC(=O)Cc4ccccc4)nn3)s2)c1. The van der Waals surface area contributed by atoms with Crippen LogP contribution in [0.1, 0.15) is 61.0 Å². The highest BCUT2D eigenvalue weighted by Gasteiger charge is 2.15. The molecule has 4 rings (SSSR count). The van der Waals surface area contributed by atoms with Crippen LogP contribution >= 0.6 is 11.3 Å². The van der Waals surface area contributed by atoms with Gasteiger partial charge in [0, 0.05) is 12.0 Å². The molecule has 0 aliphatic rings. The summed E-state index contributed by atoms with van der Waals surface area (Å²) in [6, 6.07) is 20.7. The summed E-state index contributed by atoms with van der Waals surface area (Å²) in [6.45, 7) is 5.83. The molecule has 0 aliphatic carbocycles. The Bertz CT molecular complexity index is 1520. The van der Waals surface area contributed by atoms with Crippen LogP contribution < -0.4 is 16.0 Å². The average Bonchev–Trinajstić information content (AvgIpc) is 3.38. The molecule has 0 unspecified atom stereocenters. The summed E-state index contributed by atoms with van der Waals surface area (Å²) < 4.78 is 0. The molecule has 2 heterocycles. The van der Waals surface area contributed by atoms with Crippen LogP contribution in [0.15, 0.2) is 66.7 Å². The number of hydrogen-bond acceptors (Lipinski definition) is 8. The van der Waals surface area contributed by atoms with E-state index in [9.17, 15) is 14.4 Å². The van der Waals surface area contributed by atoms with E-state index in [2.05, 4.69) is 36.3 Å². The maximum absolute atomic E-state index is 12.6. The van der Waals surface area contributed by atoms with Crippen LogP contribution in [0.4, 0.5) is 10.9 Å². The number of hydrogen-bond donors (Lipinski definition) is 3. The molecule has 3 amide bonds. The lowest BCUT2D eigenvalue weighted by molar-refractivity contribution is -0.122. The monoisotopic (exact) mass is 599 g/mol. The van der Waals surface area contributed by atoms with E-state index in [-0.39, 0.29) is 42.5 Å². The quantitative estimate of drug-likeness (QED) is 0.189. The summed E-state index contributed by atoms with van der Waals surface area (Å²) >= 11 is 1.37. The number of aromatic nitrogens is 4. The molecule has 10 nitrogen and oxygen atoms in total. The van der Waals surface area contributed by atoms with Crippen molar-refractivity contribution in [2.24, 2.45) is 0 Å². The molecular weight excluding hydrogens is 562 g/mol. The molecule has 0 radical (unpaired) electrons. The number of anilines is 2. The Hall–Kier alpha value is -4.51. The number of nitrogens with zero attached hydrogens (tertiary/aromatic N) is 4. The Morgan fingerprint density at radius 2 is 1.33 bits per heavy atom. The van der Waals surface area contributed by atoms with Gasteiger partial charge in [0.15, 0.2) is 5.82 Å². The van der Waals surface area contributed by atoms with Crippen molar-refractivity contribution in [2.45, 2.75) is 71.3 Å². The number of carbonyl (C=O) groups excluding carboxylic acids is 3. The number of aryl methyl sites for hydroxylation is 2. The third-order valence-corrected chi connectivity index (χ3v) is 7.12. The van der Waals surface area contributed by atoms with E-state index in [0.29, 0.717) is 10.9 Å². The van der Waals surface area contributed by atoms with Crippen molar-refractivity contribution in [3.63, 3.8) is 0 Å². The predicted molar refractivity (Wildman–Crippen MR) is 168 cm³/mol.